The minimum absolute atomic E-state index is 0.0568. The van der Waals surface area contributed by atoms with Crippen LogP contribution in [0, 0.1) is 5.92 Å². The van der Waals surface area contributed by atoms with Crippen LogP contribution in [0.2, 0.25) is 0 Å². The largest absolute Gasteiger partial charge is 0.480 e. The zero-order valence-corrected chi connectivity index (χ0v) is 25.9. The average molecular weight is 628 g/mol. The molecule has 0 aromatic rings. The van der Waals surface area contributed by atoms with Gasteiger partial charge in [-0.25, -0.2) is 0 Å². The SMILES string of the molecule is CNC(CC1CCN(C(=O)CNC(=O)CN2CCN(CC(=O)O)CCN(CC(=O)O)CCN(CC(=O)O)CC2)CC1)C(C)=O. The van der Waals surface area contributed by atoms with Gasteiger partial charge in [-0.2, -0.15) is 0 Å². The van der Waals surface area contributed by atoms with E-state index in [9.17, 15) is 44.1 Å². The summed E-state index contributed by atoms with van der Waals surface area (Å²) in [5.41, 5.74) is 0. The Bertz CT molecular complexity index is 959. The minimum atomic E-state index is -1.03. The third-order valence-electron chi connectivity index (χ3n) is 8.19. The van der Waals surface area contributed by atoms with E-state index in [4.69, 9.17) is 0 Å². The number of Topliss-reactive ketones (excluding diaryl/α,β-unsaturated/α-hetero) is 1. The number of amides is 2. The number of ketones is 1. The van der Waals surface area contributed by atoms with E-state index in [0.29, 0.717) is 45.2 Å². The lowest BCUT2D eigenvalue weighted by atomic mass is 9.89. The predicted octanol–water partition coefficient (Wildman–Crippen LogP) is -2.62. The first-order valence-corrected chi connectivity index (χ1v) is 15.1. The van der Waals surface area contributed by atoms with Crippen molar-refractivity contribution in [3.8, 4) is 0 Å². The van der Waals surface area contributed by atoms with E-state index in [-0.39, 0.29) is 82.5 Å². The van der Waals surface area contributed by atoms with E-state index in [1.54, 1.807) is 38.5 Å². The Morgan fingerprint density at radius 1 is 0.659 bits per heavy atom. The first kappa shape index (κ1) is 37.0. The molecule has 0 aliphatic carbocycles. The molecular formula is C28H49N7O9. The topological polar surface area (TPSA) is 203 Å². The fraction of sp³-hybridized carbons (Fsp3) is 0.786. The van der Waals surface area contributed by atoms with Gasteiger partial charge in [0.2, 0.25) is 11.8 Å². The average Bonchev–Trinajstić information content (AvgIpc) is 2.95. The van der Waals surface area contributed by atoms with Crippen LogP contribution in [-0.2, 0) is 28.8 Å². The molecule has 0 spiro atoms. The molecule has 0 radical (unpaired) electrons. The van der Waals surface area contributed by atoms with Crippen molar-refractivity contribution in [1.29, 1.82) is 0 Å². The van der Waals surface area contributed by atoms with Gasteiger partial charge in [0.1, 0.15) is 5.78 Å². The summed E-state index contributed by atoms with van der Waals surface area (Å²) < 4.78 is 0. The molecule has 2 aliphatic heterocycles. The van der Waals surface area contributed by atoms with Crippen molar-refractivity contribution >= 4 is 35.5 Å². The molecule has 0 aromatic heterocycles. The second-order valence-electron chi connectivity index (χ2n) is 11.6. The zero-order chi connectivity index (χ0) is 32.6. The zero-order valence-electron chi connectivity index (χ0n) is 25.9. The standard InChI is InChI=1S/C28H49N7O9/c1-21(36)23(29-2)15-22-3-5-35(6-4-22)25(38)16-30-24(37)17-31-7-9-32(18-26(39)40)11-13-34(20-28(43)44)14-12-33(10-8-31)19-27(41)42/h22-23,29H,3-20H2,1-2H3,(H,30,37)(H,39,40)(H,41,42)(H,43,44). The smallest absolute Gasteiger partial charge is 0.317 e. The van der Waals surface area contributed by atoms with Crippen molar-refractivity contribution in [2.24, 2.45) is 5.92 Å². The number of piperidine rings is 1. The number of hydrogen-bond donors (Lipinski definition) is 5. The normalized spacial score (nSPS) is 19.8. The van der Waals surface area contributed by atoms with Crippen LogP contribution in [-0.4, -0.2) is 187 Å². The molecule has 0 aromatic carbocycles. The maximum Gasteiger partial charge on any atom is 0.317 e. The Morgan fingerprint density at radius 2 is 1.05 bits per heavy atom. The van der Waals surface area contributed by atoms with Gasteiger partial charge in [-0.05, 0) is 39.2 Å². The number of carbonyl (C=O) groups is 6. The van der Waals surface area contributed by atoms with E-state index in [1.165, 1.54) is 0 Å². The van der Waals surface area contributed by atoms with Crippen LogP contribution in [0.4, 0.5) is 0 Å². The van der Waals surface area contributed by atoms with Crippen LogP contribution in [0.25, 0.3) is 0 Å². The van der Waals surface area contributed by atoms with Gasteiger partial charge in [0, 0.05) is 65.4 Å². The molecule has 2 saturated heterocycles. The van der Waals surface area contributed by atoms with Crippen LogP contribution in [0.15, 0.2) is 0 Å². The molecule has 0 bridgehead atoms. The summed E-state index contributed by atoms with van der Waals surface area (Å²) in [5, 5.41) is 33.7. The lowest BCUT2D eigenvalue weighted by Gasteiger charge is -2.33. The number of likely N-dealkylation sites (N-methyl/N-ethyl adjacent to an activating group) is 1. The van der Waals surface area contributed by atoms with Gasteiger partial charge in [0.25, 0.3) is 0 Å². The molecule has 2 fully saturated rings. The monoisotopic (exact) mass is 627 g/mol. The number of carboxylic acids is 3. The van der Waals surface area contributed by atoms with Gasteiger partial charge in [-0.15, -0.1) is 0 Å². The first-order valence-electron chi connectivity index (χ1n) is 15.1. The summed E-state index contributed by atoms with van der Waals surface area (Å²) in [6, 6.07) is -0.189. The summed E-state index contributed by atoms with van der Waals surface area (Å²) in [6.45, 7) is 4.09. The van der Waals surface area contributed by atoms with Crippen LogP contribution < -0.4 is 10.6 Å². The number of nitrogens with one attached hydrogen (secondary N) is 2. The van der Waals surface area contributed by atoms with Gasteiger partial charge >= 0.3 is 17.9 Å². The van der Waals surface area contributed by atoms with Crippen molar-refractivity contribution in [2.75, 3.05) is 105 Å². The molecule has 2 aliphatic rings. The Morgan fingerprint density at radius 3 is 1.39 bits per heavy atom. The number of carbonyl (C=O) groups excluding carboxylic acids is 3. The van der Waals surface area contributed by atoms with Gasteiger partial charge in [-0.3, -0.25) is 48.4 Å². The molecule has 1 unspecified atom stereocenters. The summed E-state index contributed by atoms with van der Waals surface area (Å²) in [4.78, 5) is 80.2. The Labute approximate surface area is 258 Å². The Balaban J connectivity index is 1.94. The summed E-state index contributed by atoms with van der Waals surface area (Å²) in [7, 11) is 1.77. The molecule has 2 amide bonds. The number of likely N-dealkylation sites (tertiary alicyclic amines) is 1. The highest BCUT2D eigenvalue weighted by Crippen LogP contribution is 2.22. The minimum Gasteiger partial charge on any atom is -0.480 e. The van der Waals surface area contributed by atoms with E-state index in [1.807, 2.05) is 0 Å². The second-order valence-corrected chi connectivity index (χ2v) is 11.6. The number of hydrogen-bond acceptors (Lipinski definition) is 11. The van der Waals surface area contributed by atoms with Gasteiger partial charge in [0.15, 0.2) is 0 Å². The summed E-state index contributed by atoms with van der Waals surface area (Å²) in [6.07, 6.45) is 2.30. The van der Waals surface area contributed by atoms with Crippen LogP contribution in [0.3, 0.4) is 0 Å². The second kappa shape index (κ2) is 19.3. The van der Waals surface area contributed by atoms with E-state index in [0.717, 1.165) is 19.3 Å². The molecule has 2 heterocycles. The summed E-state index contributed by atoms with van der Waals surface area (Å²) >= 11 is 0. The molecule has 0 saturated carbocycles. The van der Waals surface area contributed by atoms with Crippen molar-refractivity contribution < 1.29 is 44.1 Å². The predicted molar refractivity (Wildman–Crippen MR) is 159 cm³/mol. The number of nitrogens with zero attached hydrogens (tertiary/aromatic N) is 5. The molecule has 16 heteroatoms. The van der Waals surface area contributed by atoms with Crippen LogP contribution in [0.5, 0.6) is 0 Å². The van der Waals surface area contributed by atoms with Gasteiger partial charge in [-0.1, -0.05) is 0 Å². The van der Waals surface area contributed by atoms with E-state index in [2.05, 4.69) is 10.6 Å². The highest BCUT2D eigenvalue weighted by molar-refractivity contribution is 5.85. The Hall–Kier alpha value is -3.18. The van der Waals surface area contributed by atoms with Crippen LogP contribution >= 0.6 is 0 Å². The fourth-order valence-corrected chi connectivity index (χ4v) is 5.57. The molecule has 5 N–H and O–H groups in total. The van der Waals surface area contributed by atoms with Crippen molar-refractivity contribution in [3.05, 3.63) is 0 Å². The van der Waals surface area contributed by atoms with E-state index < -0.39 is 17.9 Å². The van der Waals surface area contributed by atoms with Crippen molar-refractivity contribution in [2.45, 2.75) is 32.2 Å². The maximum atomic E-state index is 12.9. The van der Waals surface area contributed by atoms with Gasteiger partial charge in [0.05, 0.1) is 38.8 Å². The maximum absolute atomic E-state index is 12.9. The Kier molecular flexibility index (Phi) is 16.2. The quantitative estimate of drug-likeness (QED) is 0.134. The molecule has 2 rings (SSSR count). The van der Waals surface area contributed by atoms with Crippen molar-refractivity contribution in [1.82, 2.24) is 35.1 Å². The summed E-state index contributed by atoms with van der Waals surface area (Å²) in [5.74, 6) is -3.21. The molecular weight excluding hydrogens is 578 g/mol. The number of aliphatic carboxylic acids is 3. The number of rotatable bonds is 14. The third kappa shape index (κ3) is 14.5. The molecule has 44 heavy (non-hydrogen) atoms. The highest BCUT2D eigenvalue weighted by atomic mass is 16.4. The first-order chi connectivity index (χ1) is 20.9. The van der Waals surface area contributed by atoms with Gasteiger partial charge < -0.3 is 30.9 Å². The van der Waals surface area contributed by atoms with Crippen molar-refractivity contribution in [3.63, 3.8) is 0 Å². The fourth-order valence-electron chi connectivity index (χ4n) is 5.57. The van der Waals surface area contributed by atoms with Crippen LogP contribution in [0.1, 0.15) is 26.2 Å². The molecule has 250 valence electrons. The third-order valence-corrected chi connectivity index (χ3v) is 8.19. The lowest BCUT2D eigenvalue weighted by Crippen LogP contribution is -2.50. The highest BCUT2D eigenvalue weighted by Gasteiger charge is 2.26. The molecule has 16 nitrogen and oxygen atoms in total. The number of carboxylic acid groups (broad SMARTS) is 3. The lowest BCUT2D eigenvalue weighted by molar-refractivity contribution is -0.140. The molecule has 1 atom stereocenters. The van der Waals surface area contributed by atoms with E-state index >= 15 is 0 Å².